The molecular weight excluding hydrogens is 200 g/mol. The molecule has 2 heterocycles. The summed E-state index contributed by atoms with van der Waals surface area (Å²) in [4.78, 5) is 6.97. The van der Waals surface area contributed by atoms with Crippen LogP contribution in [-0.4, -0.2) is 41.1 Å². The summed E-state index contributed by atoms with van der Waals surface area (Å²) >= 11 is 0. The molecule has 4 heteroatoms. The highest BCUT2D eigenvalue weighted by molar-refractivity contribution is 5.17. The Morgan fingerprint density at radius 2 is 2.12 bits per heavy atom. The van der Waals surface area contributed by atoms with Gasteiger partial charge in [0, 0.05) is 13.6 Å². The summed E-state index contributed by atoms with van der Waals surface area (Å²) in [5.74, 6) is 0. The van der Waals surface area contributed by atoms with E-state index in [0.29, 0.717) is 6.04 Å². The number of hydrogen-bond donors (Lipinski definition) is 1. The van der Waals surface area contributed by atoms with Gasteiger partial charge < -0.3 is 9.88 Å². The van der Waals surface area contributed by atoms with Crippen LogP contribution < -0.4 is 5.32 Å². The van der Waals surface area contributed by atoms with E-state index in [2.05, 4.69) is 33.7 Å². The van der Waals surface area contributed by atoms with Crippen molar-refractivity contribution < 1.29 is 0 Å². The molecule has 0 aliphatic carbocycles. The van der Waals surface area contributed by atoms with Gasteiger partial charge >= 0.3 is 0 Å². The topological polar surface area (TPSA) is 33.1 Å². The van der Waals surface area contributed by atoms with Gasteiger partial charge in [-0.3, -0.25) is 4.90 Å². The molecule has 1 aliphatic rings. The molecule has 0 aromatic carbocycles. The number of nitrogens with zero attached hydrogens (tertiary/aromatic N) is 3. The van der Waals surface area contributed by atoms with Gasteiger partial charge in [0.15, 0.2) is 0 Å². The molecule has 0 saturated carbocycles. The van der Waals surface area contributed by atoms with Crippen molar-refractivity contribution in [3.8, 4) is 0 Å². The minimum Gasteiger partial charge on any atom is -0.336 e. The van der Waals surface area contributed by atoms with Crippen LogP contribution in [0.2, 0.25) is 0 Å². The molecule has 1 fully saturated rings. The van der Waals surface area contributed by atoms with Crippen molar-refractivity contribution in [2.24, 2.45) is 7.05 Å². The van der Waals surface area contributed by atoms with E-state index >= 15 is 0 Å². The van der Waals surface area contributed by atoms with Gasteiger partial charge in [-0.2, -0.15) is 0 Å². The highest BCUT2D eigenvalue weighted by Gasteiger charge is 2.26. The normalized spacial score (nSPS) is 19.2. The lowest BCUT2D eigenvalue weighted by molar-refractivity contribution is 0.233. The monoisotopic (exact) mass is 222 g/mol. The molecular formula is C12H22N4. The lowest BCUT2D eigenvalue weighted by atomic mass is 10.1. The Morgan fingerprint density at radius 1 is 1.44 bits per heavy atom. The Balaban J connectivity index is 2.24. The Hall–Kier alpha value is -0.870. The number of aromatic nitrogens is 2. The van der Waals surface area contributed by atoms with Crippen molar-refractivity contribution in [1.29, 1.82) is 0 Å². The van der Waals surface area contributed by atoms with E-state index < -0.39 is 0 Å². The molecule has 0 amide bonds. The summed E-state index contributed by atoms with van der Waals surface area (Å²) in [6, 6.07) is 0.472. The third-order valence-electron chi connectivity index (χ3n) is 3.47. The van der Waals surface area contributed by atoms with Crippen LogP contribution >= 0.6 is 0 Å². The van der Waals surface area contributed by atoms with Crippen LogP contribution in [-0.2, 0) is 7.05 Å². The third kappa shape index (κ3) is 2.13. The largest absolute Gasteiger partial charge is 0.336 e. The van der Waals surface area contributed by atoms with E-state index in [1.54, 1.807) is 0 Å². The van der Waals surface area contributed by atoms with Crippen LogP contribution in [0, 0.1) is 6.92 Å². The second-order valence-corrected chi connectivity index (χ2v) is 4.64. The highest BCUT2D eigenvalue weighted by atomic mass is 15.2. The number of likely N-dealkylation sites (tertiary alicyclic amines) is 1. The van der Waals surface area contributed by atoms with E-state index in [4.69, 9.17) is 0 Å². The molecule has 16 heavy (non-hydrogen) atoms. The highest BCUT2D eigenvalue weighted by Crippen LogP contribution is 2.25. The van der Waals surface area contributed by atoms with Crippen molar-refractivity contribution in [3.05, 3.63) is 17.7 Å². The number of hydrogen-bond acceptors (Lipinski definition) is 3. The molecule has 1 aliphatic heterocycles. The lowest BCUT2D eigenvalue weighted by Crippen LogP contribution is -2.34. The molecule has 90 valence electrons. The van der Waals surface area contributed by atoms with Crippen LogP contribution in [0.15, 0.2) is 6.33 Å². The zero-order chi connectivity index (χ0) is 11.5. The number of imidazole rings is 1. The zero-order valence-corrected chi connectivity index (χ0v) is 10.5. The maximum Gasteiger partial charge on any atom is 0.0949 e. The molecule has 1 aromatic rings. The van der Waals surface area contributed by atoms with E-state index in [9.17, 15) is 0 Å². The van der Waals surface area contributed by atoms with Crippen molar-refractivity contribution in [2.45, 2.75) is 25.8 Å². The predicted octanol–water partition coefficient (Wildman–Crippen LogP) is 1.08. The molecule has 0 radical (unpaired) electrons. The summed E-state index contributed by atoms with van der Waals surface area (Å²) in [6.45, 7) is 5.54. The summed E-state index contributed by atoms with van der Waals surface area (Å²) in [6.07, 6.45) is 4.58. The summed E-state index contributed by atoms with van der Waals surface area (Å²) in [7, 11) is 4.11. The minimum absolute atomic E-state index is 0.472. The maximum absolute atomic E-state index is 4.40. The quantitative estimate of drug-likeness (QED) is 0.827. The van der Waals surface area contributed by atoms with Gasteiger partial charge in [0.25, 0.3) is 0 Å². The van der Waals surface area contributed by atoms with Crippen molar-refractivity contribution in [2.75, 3.05) is 26.7 Å². The average molecular weight is 222 g/mol. The minimum atomic E-state index is 0.472. The summed E-state index contributed by atoms with van der Waals surface area (Å²) in [5.41, 5.74) is 2.52. The second-order valence-electron chi connectivity index (χ2n) is 4.64. The molecule has 0 bridgehead atoms. The fourth-order valence-corrected chi connectivity index (χ4v) is 2.68. The fraction of sp³-hybridized carbons (Fsp3) is 0.750. The molecule has 1 aromatic heterocycles. The van der Waals surface area contributed by atoms with Gasteiger partial charge in [-0.05, 0) is 39.9 Å². The maximum atomic E-state index is 4.40. The van der Waals surface area contributed by atoms with Crippen LogP contribution in [0.3, 0.4) is 0 Å². The third-order valence-corrected chi connectivity index (χ3v) is 3.47. The number of aryl methyl sites for hydroxylation is 2. The zero-order valence-electron chi connectivity index (χ0n) is 10.5. The van der Waals surface area contributed by atoms with Gasteiger partial charge in [0.1, 0.15) is 0 Å². The van der Waals surface area contributed by atoms with E-state index in [1.165, 1.54) is 31.6 Å². The standard InChI is InChI=1S/C12H22N4/c1-10-12(15(3)9-14-10)11(8-13-2)16-6-4-5-7-16/h9,11,13H,4-8H2,1-3H3. The van der Waals surface area contributed by atoms with Gasteiger partial charge in [-0.15, -0.1) is 0 Å². The first kappa shape index (κ1) is 11.6. The Labute approximate surface area is 97.7 Å². The Kier molecular flexibility index (Phi) is 3.61. The van der Waals surface area contributed by atoms with Crippen molar-refractivity contribution >= 4 is 0 Å². The predicted molar refractivity (Wildman–Crippen MR) is 65.4 cm³/mol. The van der Waals surface area contributed by atoms with Crippen LogP contribution in [0.25, 0.3) is 0 Å². The van der Waals surface area contributed by atoms with E-state index in [-0.39, 0.29) is 0 Å². The second kappa shape index (κ2) is 4.97. The van der Waals surface area contributed by atoms with E-state index in [1.807, 2.05) is 13.4 Å². The molecule has 2 rings (SSSR count). The van der Waals surface area contributed by atoms with Gasteiger partial charge in [0.2, 0.25) is 0 Å². The molecule has 1 atom stereocenters. The van der Waals surface area contributed by atoms with Crippen LogP contribution in [0.5, 0.6) is 0 Å². The first-order chi connectivity index (χ1) is 7.74. The Morgan fingerprint density at radius 3 is 2.62 bits per heavy atom. The van der Waals surface area contributed by atoms with Gasteiger partial charge in [0.05, 0.1) is 23.8 Å². The smallest absolute Gasteiger partial charge is 0.0949 e. The van der Waals surface area contributed by atoms with Crippen LogP contribution in [0.1, 0.15) is 30.3 Å². The number of rotatable bonds is 4. The summed E-state index contributed by atoms with van der Waals surface area (Å²) in [5, 5.41) is 3.30. The van der Waals surface area contributed by atoms with Gasteiger partial charge in [-0.1, -0.05) is 0 Å². The average Bonchev–Trinajstić information content (AvgIpc) is 2.87. The first-order valence-corrected chi connectivity index (χ1v) is 6.10. The molecule has 0 spiro atoms. The molecule has 1 unspecified atom stereocenters. The Bertz CT molecular complexity index is 319. The number of nitrogens with one attached hydrogen (secondary N) is 1. The van der Waals surface area contributed by atoms with E-state index in [0.717, 1.165) is 12.2 Å². The first-order valence-electron chi connectivity index (χ1n) is 6.10. The fourth-order valence-electron chi connectivity index (χ4n) is 2.68. The molecule has 1 saturated heterocycles. The van der Waals surface area contributed by atoms with Crippen molar-refractivity contribution in [1.82, 2.24) is 19.8 Å². The number of likely N-dealkylation sites (N-methyl/N-ethyl adjacent to an activating group) is 1. The van der Waals surface area contributed by atoms with Crippen molar-refractivity contribution in [3.63, 3.8) is 0 Å². The van der Waals surface area contributed by atoms with Crippen LogP contribution in [0.4, 0.5) is 0 Å². The SMILES string of the molecule is CNCC(c1c(C)ncn1C)N1CCCC1. The van der Waals surface area contributed by atoms with Gasteiger partial charge in [-0.25, -0.2) is 4.98 Å². The molecule has 1 N–H and O–H groups in total. The molecule has 4 nitrogen and oxygen atoms in total. The summed E-state index contributed by atoms with van der Waals surface area (Å²) < 4.78 is 2.16. The lowest BCUT2D eigenvalue weighted by Gasteiger charge is -2.28.